The molecule has 1 atom stereocenters. The number of anilines is 1. The Morgan fingerprint density at radius 1 is 0.948 bits per heavy atom. The molecule has 6 aromatic rings. The molecule has 300 valence electrons. The summed E-state index contributed by atoms with van der Waals surface area (Å²) in [7, 11) is -2.78. The molecule has 1 amide bonds. The smallest absolute Gasteiger partial charge is 0.329 e. The average Bonchev–Trinajstić information content (AvgIpc) is 3.46. The molecule has 58 heavy (non-hydrogen) atoms. The fourth-order valence-corrected chi connectivity index (χ4v) is 8.01. The highest BCUT2D eigenvalue weighted by Gasteiger charge is 2.30. The Bertz CT molecular complexity index is 2630. The molecule has 2 N–H and O–H groups in total. The van der Waals surface area contributed by atoms with Gasteiger partial charge in [-0.05, 0) is 87.2 Å². The van der Waals surface area contributed by atoms with E-state index in [0.29, 0.717) is 58.6 Å². The molecule has 7 rings (SSSR count). The van der Waals surface area contributed by atoms with Gasteiger partial charge in [0, 0.05) is 43.3 Å². The number of rotatable bonds is 13. The van der Waals surface area contributed by atoms with Crippen LogP contribution in [0.15, 0.2) is 95.3 Å². The van der Waals surface area contributed by atoms with Gasteiger partial charge in [-0.3, -0.25) is 29.0 Å². The third-order valence-corrected chi connectivity index (χ3v) is 11.1. The molecule has 1 aliphatic carbocycles. The van der Waals surface area contributed by atoms with Gasteiger partial charge in [-0.25, -0.2) is 36.6 Å². The minimum absolute atomic E-state index is 0.0489. The summed E-state index contributed by atoms with van der Waals surface area (Å²) in [5.74, 6) is -4.61. The van der Waals surface area contributed by atoms with Crippen molar-refractivity contribution in [2.24, 2.45) is 7.05 Å². The summed E-state index contributed by atoms with van der Waals surface area (Å²) < 4.78 is 74.8. The summed E-state index contributed by atoms with van der Waals surface area (Å²) >= 11 is 0. The topological polar surface area (TPSA) is 189 Å². The number of carbonyl (C=O) groups excluding carboxylic acids is 2. The first-order chi connectivity index (χ1) is 27.9. The maximum absolute atomic E-state index is 15.6. The first kappa shape index (κ1) is 39.7. The first-order valence-corrected chi connectivity index (χ1v) is 20.0. The van der Waals surface area contributed by atoms with Crippen molar-refractivity contribution in [3.8, 4) is 22.8 Å². The summed E-state index contributed by atoms with van der Waals surface area (Å²) in [6, 6.07) is 10.5. The number of halogens is 2. The zero-order valence-corrected chi connectivity index (χ0v) is 32.2. The molecule has 0 bridgehead atoms. The average molecular weight is 813 g/mol. The van der Waals surface area contributed by atoms with E-state index in [1.54, 1.807) is 49.1 Å². The number of nitrogens with zero attached hydrogens (tertiary/aromatic N) is 6. The number of esters is 1. The number of sulfonamides is 1. The minimum atomic E-state index is -4.48. The van der Waals surface area contributed by atoms with Gasteiger partial charge in [-0.15, -0.1) is 0 Å². The normalized spacial score (nSPS) is 13.9. The van der Waals surface area contributed by atoms with Gasteiger partial charge in [0.15, 0.2) is 5.82 Å². The lowest BCUT2D eigenvalue weighted by Gasteiger charge is -2.25. The number of aromatic nitrogens is 6. The SMILES string of the molecule is CCOc1cc(-c2ncccn2)ccc1S(=O)(=O)Nc1cc(F)c(C(=O)N[C@@H](Cc2ccc(-n3c(=O)c4ccncc4n3C)cn2)C(=O)OC2CCCCC2)c(F)c1. The molecule has 1 saturated carbocycles. The van der Waals surface area contributed by atoms with Crippen molar-refractivity contribution in [1.82, 2.24) is 34.6 Å². The molecule has 1 aliphatic rings. The van der Waals surface area contributed by atoms with Crippen LogP contribution in [0.1, 0.15) is 55.1 Å². The first-order valence-electron chi connectivity index (χ1n) is 18.5. The number of aryl methyl sites for hydroxylation is 1. The second kappa shape index (κ2) is 16.9. The minimum Gasteiger partial charge on any atom is -0.492 e. The number of benzene rings is 2. The van der Waals surface area contributed by atoms with Crippen molar-refractivity contribution in [1.29, 1.82) is 0 Å². The fraction of sp³-hybridized carbons (Fsp3) is 0.275. The number of hydrogen-bond donors (Lipinski definition) is 2. The van der Waals surface area contributed by atoms with E-state index in [1.165, 1.54) is 47.7 Å². The van der Waals surface area contributed by atoms with Crippen LogP contribution in [0.4, 0.5) is 14.5 Å². The number of pyridine rings is 2. The van der Waals surface area contributed by atoms with Crippen LogP contribution in [0.2, 0.25) is 0 Å². The van der Waals surface area contributed by atoms with E-state index in [0.717, 1.165) is 19.3 Å². The lowest BCUT2D eigenvalue weighted by molar-refractivity contribution is -0.152. The van der Waals surface area contributed by atoms with Crippen LogP contribution in [0.25, 0.3) is 28.0 Å². The second-order valence-corrected chi connectivity index (χ2v) is 15.2. The summed E-state index contributed by atoms with van der Waals surface area (Å²) in [5, 5.41) is 2.86. The zero-order chi connectivity index (χ0) is 41.0. The van der Waals surface area contributed by atoms with Crippen molar-refractivity contribution in [3.05, 3.63) is 119 Å². The highest BCUT2D eigenvalue weighted by molar-refractivity contribution is 7.92. The molecular formula is C40H38F2N8O7S. The molecule has 1 fully saturated rings. The summed E-state index contributed by atoms with van der Waals surface area (Å²) in [6.07, 6.45) is 10.9. The molecule has 0 saturated heterocycles. The molecule has 2 aromatic carbocycles. The standard InChI is InChI=1S/C40H38F2N8O7S/c1-3-56-34-18-24(37-44-15-7-16-45-37)10-13-35(34)58(54,55)48-26-19-30(41)36(31(42)20-26)38(51)47-32(40(53)57-28-8-5-4-6-9-28)21-25-11-12-27(22-46-25)50-39(52)29-14-17-43-23-33(29)49(50)2/h7,10-20,22-23,28,32,48H,3-6,8-9,21H2,1-2H3,(H,47,51)/t32-/m0/s1. The van der Waals surface area contributed by atoms with Crippen LogP contribution in [0.3, 0.4) is 0 Å². The van der Waals surface area contributed by atoms with Crippen molar-refractivity contribution >= 4 is 38.5 Å². The van der Waals surface area contributed by atoms with E-state index < -0.39 is 56.9 Å². The summed E-state index contributed by atoms with van der Waals surface area (Å²) in [5.41, 5.74) is -0.0379. The fourth-order valence-electron chi connectivity index (χ4n) is 6.84. The van der Waals surface area contributed by atoms with Gasteiger partial charge in [0.25, 0.3) is 21.5 Å². The number of hydrogen-bond acceptors (Lipinski definition) is 11. The maximum atomic E-state index is 15.6. The van der Waals surface area contributed by atoms with Crippen molar-refractivity contribution < 1.29 is 36.3 Å². The van der Waals surface area contributed by atoms with E-state index in [9.17, 15) is 22.8 Å². The van der Waals surface area contributed by atoms with Crippen LogP contribution in [0, 0.1) is 11.6 Å². The monoisotopic (exact) mass is 812 g/mol. The number of ether oxygens (including phenoxy) is 2. The number of amides is 1. The van der Waals surface area contributed by atoms with Gasteiger partial charge in [-0.1, -0.05) is 6.42 Å². The van der Waals surface area contributed by atoms with Crippen LogP contribution in [-0.2, 0) is 33.0 Å². The number of fused-ring (bicyclic) bond motifs is 1. The van der Waals surface area contributed by atoms with Crippen LogP contribution in [-0.4, -0.2) is 68.3 Å². The lowest BCUT2D eigenvalue weighted by atomic mass is 9.97. The van der Waals surface area contributed by atoms with Crippen molar-refractivity contribution in [2.45, 2.75) is 62.5 Å². The summed E-state index contributed by atoms with van der Waals surface area (Å²) in [4.78, 5) is 56.7. The van der Waals surface area contributed by atoms with Gasteiger partial charge >= 0.3 is 5.97 Å². The van der Waals surface area contributed by atoms with Crippen molar-refractivity contribution in [3.63, 3.8) is 0 Å². The van der Waals surface area contributed by atoms with E-state index >= 15 is 8.78 Å². The molecule has 18 heteroatoms. The van der Waals surface area contributed by atoms with E-state index in [4.69, 9.17) is 9.47 Å². The Labute approximate surface area is 331 Å². The number of carbonyl (C=O) groups is 2. The predicted molar refractivity (Wildman–Crippen MR) is 208 cm³/mol. The maximum Gasteiger partial charge on any atom is 0.329 e. The second-order valence-electron chi connectivity index (χ2n) is 13.6. The van der Waals surface area contributed by atoms with E-state index in [2.05, 4.69) is 30.0 Å². The Hall–Kier alpha value is -6.56. The number of nitrogens with one attached hydrogen (secondary N) is 2. The molecule has 0 aliphatic heterocycles. The van der Waals surface area contributed by atoms with Gasteiger partial charge in [0.1, 0.15) is 40.0 Å². The molecule has 0 radical (unpaired) electrons. The third-order valence-electron chi connectivity index (χ3n) is 9.64. The Morgan fingerprint density at radius 2 is 1.69 bits per heavy atom. The molecular weight excluding hydrogens is 775 g/mol. The largest absolute Gasteiger partial charge is 0.492 e. The predicted octanol–water partition coefficient (Wildman–Crippen LogP) is 5.27. The van der Waals surface area contributed by atoms with Crippen molar-refractivity contribution in [2.75, 3.05) is 11.3 Å². The lowest BCUT2D eigenvalue weighted by Crippen LogP contribution is -2.45. The quantitative estimate of drug-likeness (QED) is 0.145. The van der Waals surface area contributed by atoms with Crippen LogP contribution < -0.4 is 20.3 Å². The Balaban J connectivity index is 1.11. The molecule has 4 heterocycles. The molecule has 4 aromatic heterocycles. The van der Waals surface area contributed by atoms with Gasteiger partial charge < -0.3 is 14.8 Å². The highest BCUT2D eigenvalue weighted by Crippen LogP contribution is 2.31. The van der Waals surface area contributed by atoms with E-state index in [-0.39, 0.29) is 29.2 Å². The Kier molecular flexibility index (Phi) is 11.6. The molecule has 15 nitrogen and oxygen atoms in total. The zero-order valence-electron chi connectivity index (χ0n) is 31.4. The van der Waals surface area contributed by atoms with Crippen LogP contribution >= 0.6 is 0 Å². The molecule has 0 unspecified atom stereocenters. The highest BCUT2D eigenvalue weighted by atomic mass is 32.2. The van der Waals surface area contributed by atoms with E-state index in [1.807, 2.05) is 0 Å². The van der Waals surface area contributed by atoms with Gasteiger partial charge in [0.2, 0.25) is 0 Å². The van der Waals surface area contributed by atoms with Gasteiger partial charge in [-0.2, -0.15) is 0 Å². The van der Waals surface area contributed by atoms with Crippen LogP contribution in [0.5, 0.6) is 5.75 Å². The Morgan fingerprint density at radius 3 is 2.36 bits per heavy atom. The molecule has 0 spiro atoms. The third kappa shape index (κ3) is 8.41. The van der Waals surface area contributed by atoms with Gasteiger partial charge in [0.05, 0.1) is 41.3 Å². The summed E-state index contributed by atoms with van der Waals surface area (Å²) in [6.45, 7) is 1.77.